The van der Waals surface area contributed by atoms with Crippen molar-refractivity contribution in [2.45, 2.75) is 27.0 Å². The standard InChI is InChI=1S/C29H30N4O2/c1-21-16-26(17-22(2)28(21)35-20-23-6-4-10-30-18-23)29(34)33-14-12-32(13-15-33)19-25-8-3-7-24-9-5-11-31-27(24)25/h3-11,16-18H,12-15,19-20H2,1-2H3. The quantitative estimate of drug-likeness (QED) is 0.409. The van der Waals surface area contributed by atoms with E-state index in [9.17, 15) is 4.79 Å². The number of carbonyl (C=O) groups is 1. The lowest BCUT2D eigenvalue weighted by atomic mass is 10.0. The van der Waals surface area contributed by atoms with Crippen molar-refractivity contribution in [1.29, 1.82) is 0 Å². The van der Waals surface area contributed by atoms with Crippen LogP contribution in [0.5, 0.6) is 5.75 Å². The van der Waals surface area contributed by atoms with Crippen LogP contribution in [0.25, 0.3) is 10.9 Å². The van der Waals surface area contributed by atoms with Gasteiger partial charge in [-0.1, -0.05) is 30.3 Å². The van der Waals surface area contributed by atoms with E-state index in [2.05, 4.69) is 39.1 Å². The molecule has 0 aliphatic carbocycles. The van der Waals surface area contributed by atoms with E-state index in [1.807, 2.05) is 55.3 Å². The highest BCUT2D eigenvalue weighted by Crippen LogP contribution is 2.27. The summed E-state index contributed by atoms with van der Waals surface area (Å²) in [7, 11) is 0. The van der Waals surface area contributed by atoms with Crippen LogP contribution in [-0.4, -0.2) is 51.9 Å². The molecule has 6 heteroatoms. The monoisotopic (exact) mass is 466 g/mol. The summed E-state index contributed by atoms with van der Waals surface area (Å²) in [5.41, 5.74) is 5.98. The van der Waals surface area contributed by atoms with Gasteiger partial charge in [-0.15, -0.1) is 0 Å². The van der Waals surface area contributed by atoms with Crippen LogP contribution in [0.1, 0.15) is 32.6 Å². The highest BCUT2D eigenvalue weighted by molar-refractivity contribution is 5.95. The second-order valence-electron chi connectivity index (χ2n) is 9.15. The van der Waals surface area contributed by atoms with E-state index in [0.717, 1.165) is 58.5 Å². The number of ether oxygens (including phenoxy) is 1. The van der Waals surface area contributed by atoms with E-state index in [-0.39, 0.29) is 5.91 Å². The first kappa shape index (κ1) is 23.0. The number of fused-ring (bicyclic) bond motifs is 1. The number of pyridine rings is 2. The maximum absolute atomic E-state index is 13.3. The third-order valence-corrected chi connectivity index (χ3v) is 6.58. The number of benzene rings is 2. The number of rotatable bonds is 6. The molecule has 0 atom stereocenters. The van der Waals surface area contributed by atoms with E-state index >= 15 is 0 Å². The van der Waals surface area contributed by atoms with E-state index < -0.39 is 0 Å². The molecule has 1 fully saturated rings. The zero-order valence-corrected chi connectivity index (χ0v) is 20.3. The van der Waals surface area contributed by atoms with Crippen molar-refractivity contribution in [3.8, 4) is 5.75 Å². The summed E-state index contributed by atoms with van der Waals surface area (Å²) in [5, 5.41) is 1.16. The SMILES string of the molecule is Cc1cc(C(=O)N2CCN(Cc3cccc4cccnc34)CC2)cc(C)c1OCc1cccnc1. The summed E-state index contributed by atoms with van der Waals surface area (Å²) in [6.07, 6.45) is 5.40. The van der Waals surface area contributed by atoms with Gasteiger partial charge in [0.2, 0.25) is 0 Å². The molecule has 6 nitrogen and oxygen atoms in total. The second kappa shape index (κ2) is 10.2. The van der Waals surface area contributed by atoms with Crippen LogP contribution in [0.3, 0.4) is 0 Å². The number of amides is 1. The van der Waals surface area contributed by atoms with Gasteiger partial charge < -0.3 is 9.64 Å². The Bertz CT molecular complexity index is 1300. The molecule has 1 saturated heterocycles. The summed E-state index contributed by atoms with van der Waals surface area (Å²) >= 11 is 0. The molecular formula is C29H30N4O2. The normalized spacial score (nSPS) is 14.3. The Morgan fingerprint density at radius 3 is 2.43 bits per heavy atom. The first-order valence-corrected chi connectivity index (χ1v) is 12.1. The smallest absolute Gasteiger partial charge is 0.253 e. The summed E-state index contributed by atoms with van der Waals surface area (Å²) in [6, 6.07) is 18.2. The van der Waals surface area contributed by atoms with Crippen LogP contribution in [0.4, 0.5) is 0 Å². The van der Waals surface area contributed by atoms with Crippen LogP contribution >= 0.6 is 0 Å². The third-order valence-electron chi connectivity index (χ3n) is 6.58. The zero-order chi connectivity index (χ0) is 24.2. The van der Waals surface area contributed by atoms with Gasteiger partial charge in [-0.05, 0) is 54.8 Å². The fourth-order valence-electron chi connectivity index (χ4n) is 4.77. The number of hydrogen-bond donors (Lipinski definition) is 0. The predicted octanol–water partition coefficient (Wildman–Crippen LogP) is 4.78. The van der Waals surface area contributed by atoms with Gasteiger partial charge >= 0.3 is 0 Å². The first-order chi connectivity index (χ1) is 17.1. The molecule has 0 radical (unpaired) electrons. The Labute approximate surface area is 206 Å². The van der Waals surface area contributed by atoms with Crippen LogP contribution in [0.2, 0.25) is 0 Å². The van der Waals surface area contributed by atoms with Gasteiger partial charge in [-0.2, -0.15) is 0 Å². The van der Waals surface area contributed by atoms with Crippen molar-refractivity contribution in [1.82, 2.24) is 19.8 Å². The molecule has 3 heterocycles. The van der Waals surface area contributed by atoms with E-state index in [0.29, 0.717) is 19.7 Å². The van der Waals surface area contributed by atoms with E-state index in [1.165, 1.54) is 5.56 Å². The topological polar surface area (TPSA) is 58.6 Å². The Hall–Kier alpha value is -3.77. The highest BCUT2D eigenvalue weighted by Gasteiger charge is 2.23. The summed E-state index contributed by atoms with van der Waals surface area (Å²) in [6.45, 7) is 8.42. The first-order valence-electron chi connectivity index (χ1n) is 12.1. The summed E-state index contributed by atoms with van der Waals surface area (Å²) in [4.78, 5) is 26.4. The minimum Gasteiger partial charge on any atom is -0.488 e. The lowest BCUT2D eigenvalue weighted by Gasteiger charge is -2.35. The summed E-state index contributed by atoms with van der Waals surface area (Å²) in [5.74, 6) is 0.917. The molecular weight excluding hydrogens is 436 g/mol. The number of piperazine rings is 1. The molecule has 5 rings (SSSR count). The molecule has 35 heavy (non-hydrogen) atoms. The maximum atomic E-state index is 13.3. The van der Waals surface area contributed by atoms with Gasteiger partial charge in [0.05, 0.1) is 5.52 Å². The van der Waals surface area contributed by atoms with Gasteiger partial charge in [0, 0.05) is 67.8 Å². The van der Waals surface area contributed by atoms with Crippen molar-refractivity contribution < 1.29 is 9.53 Å². The van der Waals surface area contributed by atoms with Crippen LogP contribution in [-0.2, 0) is 13.2 Å². The van der Waals surface area contributed by atoms with E-state index in [1.54, 1.807) is 12.4 Å². The van der Waals surface area contributed by atoms with Crippen molar-refractivity contribution in [3.05, 3.63) is 101 Å². The lowest BCUT2D eigenvalue weighted by molar-refractivity contribution is 0.0628. The van der Waals surface area contributed by atoms with Gasteiger partial charge in [-0.3, -0.25) is 19.7 Å². The fraction of sp³-hybridized carbons (Fsp3) is 0.276. The van der Waals surface area contributed by atoms with Crippen molar-refractivity contribution >= 4 is 16.8 Å². The van der Waals surface area contributed by atoms with Gasteiger partial charge in [-0.25, -0.2) is 0 Å². The molecule has 1 aliphatic heterocycles. The molecule has 1 amide bonds. The van der Waals surface area contributed by atoms with Crippen LogP contribution < -0.4 is 4.74 Å². The third kappa shape index (κ3) is 5.17. The maximum Gasteiger partial charge on any atom is 0.253 e. The minimum absolute atomic E-state index is 0.0847. The average Bonchev–Trinajstić information content (AvgIpc) is 2.89. The Kier molecular flexibility index (Phi) is 6.73. The molecule has 0 bridgehead atoms. The molecule has 4 aromatic rings. The largest absolute Gasteiger partial charge is 0.488 e. The highest BCUT2D eigenvalue weighted by atomic mass is 16.5. The van der Waals surface area contributed by atoms with Crippen molar-refractivity contribution in [3.63, 3.8) is 0 Å². The lowest BCUT2D eigenvalue weighted by Crippen LogP contribution is -2.48. The fourth-order valence-corrected chi connectivity index (χ4v) is 4.77. The number of aromatic nitrogens is 2. The van der Waals surface area contributed by atoms with Gasteiger partial charge in [0.15, 0.2) is 0 Å². The number of hydrogen-bond acceptors (Lipinski definition) is 5. The zero-order valence-electron chi connectivity index (χ0n) is 20.3. The molecule has 2 aromatic heterocycles. The Morgan fingerprint density at radius 1 is 0.943 bits per heavy atom. The molecule has 0 unspecified atom stereocenters. The molecule has 2 aromatic carbocycles. The average molecular weight is 467 g/mol. The van der Waals surface area contributed by atoms with Gasteiger partial charge in [0.25, 0.3) is 5.91 Å². The molecule has 0 N–H and O–H groups in total. The molecule has 178 valence electrons. The van der Waals surface area contributed by atoms with Gasteiger partial charge in [0.1, 0.15) is 12.4 Å². The van der Waals surface area contributed by atoms with Crippen molar-refractivity contribution in [2.24, 2.45) is 0 Å². The number of nitrogens with zero attached hydrogens (tertiary/aromatic N) is 4. The van der Waals surface area contributed by atoms with E-state index in [4.69, 9.17) is 4.74 Å². The van der Waals surface area contributed by atoms with Crippen LogP contribution in [0, 0.1) is 13.8 Å². The molecule has 0 spiro atoms. The van der Waals surface area contributed by atoms with Crippen LogP contribution in [0.15, 0.2) is 73.2 Å². The second-order valence-corrected chi connectivity index (χ2v) is 9.15. The predicted molar refractivity (Wildman–Crippen MR) is 137 cm³/mol. The Balaban J connectivity index is 1.21. The molecule has 0 saturated carbocycles. The minimum atomic E-state index is 0.0847. The number of carbonyl (C=O) groups excluding carboxylic acids is 1. The number of aryl methyl sites for hydroxylation is 2. The summed E-state index contributed by atoms with van der Waals surface area (Å²) < 4.78 is 6.06. The number of para-hydroxylation sites is 1. The molecule has 1 aliphatic rings. The Morgan fingerprint density at radius 2 is 1.69 bits per heavy atom. The van der Waals surface area contributed by atoms with Crippen molar-refractivity contribution in [2.75, 3.05) is 26.2 Å².